The standard InChI is InChI=1S/C18H28N2O2/c1-14(21)19-13-11-17(22)20-12-5-6-15-7-9-16(10-8-15)18(2,3)4/h7-10H,5-6,11-13H2,1-4H3,(H,19,21)(H,20,22). The van der Waals surface area contributed by atoms with Crippen molar-refractivity contribution in [2.45, 2.75) is 52.4 Å². The Kier molecular flexibility index (Phi) is 7.09. The maximum atomic E-state index is 11.5. The summed E-state index contributed by atoms with van der Waals surface area (Å²) in [5, 5.41) is 5.48. The van der Waals surface area contributed by atoms with Crippen LogP contribution in [-0.4, -0.2) is 24.9 Å². The molecule has 0 aliphatic carbocycles. The molecule has 2 N–H and O–H groups in total. The van der Waals surface area contributed by atoms with Gasteiger partial charge in [-0.1, -0.05) is 45.0 Å². The lowest BCUT2D eigenvalue weighted by Crippen LogP contribution is -2.30. The molecule has 0 saturated carbocycles. The monoisotopic (exact) mass is 304 g/mol. The van der Waals surface area contributed by atoms with Gasteiger partial charge in [-0.3, -0.25) is 9.59 Å². The maximum Gasteiger partial charge on any atom is 0.221 e. The summed E-state index contributed by atoms with van der Waals surface area (Å²) in [6, 6.07) is 8.70. The first-order valence-electron chi connectivity index (χ1n) is 7.89. The van der Waals surface area contributed by atoms with Crippen molar-refractivity contribution < 1.29 is 9.59 Å². The Morgan fingerprint density at radius 2 is 1.64 bits per heavy atom. The predicted molar refractivity (Wildman–Crippen MR) is 89.8 cm³/mol. The highest BCUT2D eigenvalue weighted by Crippen LogP contribution is 2.22. The largest absolute Gasteiger partial charge is 0.356 e. The Morgan fingerprint density at radius 3 is 2.18 bits per heavy atom. The summed E-state index contributed by atoms with van der Waals surface area (Å²) in [5.74, 6) is -0.122. The zero-order valence-electron chi connectivity index (χ0n) is 14.2. The third kappa shape index (κ3) is 7.25. The number of rotatable bonds is 7. The molecule has 4 heteroatoms. The molecule has 0 aliphatic rings. The quantitative estimate of drug-likeness (QED) is 0.761. The summed E-state index contributed by atoms with van der Waals surface area (Å²) >= 11 is 0. The summed E-state index contributed by atoms with van der Waals surface area (Å²) in [4.78, 5) is 22.2. The van der Waals surface area contributed by atoms with Crippen molar-refractivity contribution in [2.24, 2.45) is 0 Å². The highest BCUT2D eigenvalue weighted by atomic mass is 16.2. The van der Waals surface area contributed by atoms with Crippen LogP contribution in [0.2, 0.25) is 0 Å². The molecule has 0 aromatic heterocycles. The lowest BCUT2D eigenvalue weighted by atomic mass is 9.86. The molecule has 1 rings (SSSR count). The summed E-state index contributed by atoms with van der Waals surface area (Å²) in [7, 11) is 0. The van der Waals surface area contributed by atoms with E-state index in [-0.39, 0.29) is 17.2 Å². The van der Waals surface area contributed by atoms with E-state index in [4.69, 9.17) is 0 Å². The van der Waals surface area contributed by atoms with Crippen molar-refractivity contribution in [1.82, 2.24) is 10.6 Å². The molecular formula is C18H28N2O2. The van der Waals surface area contributed by atoms with Gasteiger partial charge in [-0.2, -0.15) is 0 Å². The molecule has 0 unspecified atom stereocenters. The van der Waals surface area contributed by atoms with Crippen LogP contribution < -0.4 is 10.6 Å². The summed E-state index contributed by atoms with van der Waals surface area (Å²) in [5.41, 5.74) is 2.81. The Labute approximate surface area is 133 Å². The average Bonchev–Trinajstić information content (AvgIpc) is 2.43. The highest BCUT2D eigenvalue weighted by Gasteiger charge is 2.12. The van der Waals surface area contributed by atoms with Gasteiger partial charge in [0, 0.05) is 26.4 Å². The van der Waals surface area contributed by atoms with Gasteiger partial charge in [-0.25, -0.2) is 0 Å². The lowest BCUT2D eigenvalue weighted by Gasteiger charge is -2.19. The molecule has 0 heterocycles. The first-order chi connectivity index (χ1) is 10.3. The molecule has 122 valence electrons. The first kappa shape index (κ1) is 18.2. The predicted octanol–water partition coefficient (Wildman–Crippen LogP) is 2.56. The molecule has 0 saturated heterocycles. The van der Waals surface area contributed by atoms with Crippen molar-refractivity contribution >= 4 is 11.8 Å². The van der Waals surface area contributed by atoms with Gasteiger partial charge in [0.15, 0.2) is 0 Å². The second kappa shape index (κ2) is 8.57. The van der Waals surface area contributed by atoms with E-state index >= 15 is 0 Å². The molecule has 4 nitrogen and oxygen atoms in total. The van der Waals surface area contributed by atoms with E-state index in [2.05, 4.69) is 55.7 Å². The number of nitrogens with one attached hydrogen (secondary N) is 2. The third-order valence-electron chi connectivity index (χ3n) is 3.51. The van der Waals surface area contributed by atoms with Gasteiger partial charge < -0.3 is 10.6 Å². The Morgan fingerprint density at radius 1 is 1.00 bits per heavy atom. The smallest absolute Gasteiger partial charge is 0.221 e. The van der Waals surface area contributed by atoms with Crippen molar-refractivity contribution in [3.05, 3.63) is 35.4 Å². The molecule has 2 amide bonds. The molecular weight excluding hydrogens is 276 g/mol. The lowest BCUT2D eigenvalue weighted by molar-refractivity contribution is -0.121. The fourth-order valence-electron chi connectivity index (χ4n) is 2.13. The van der Waals surface area contributed by atoms with E-state index in [1.807, 2.05) is 0 Å². The van der Waals surface area contributed by atoms with Crippen molar-refractivity contribution in [3.63, 3.8) is 0 Å². The van der Waals surface area contributed by atoms with Crippen LogP contribution in [0.1, 0.15) is 51.7 Å². The fraction of sp³-hybridized carbons (Fsp3) is 0.556. The van der Waals surface area contributed by atoms with Crippen LogP contribution in [0.25, 0.3) is 0 Å². The molecule has 0 radical (unpaired) electrons. The molecule has 1 aromatic rings. The van der Waals surface area contributed by atoms with Crippen molar-refractivity contribution in [1.29, 1.82) is 0 Å². The fourth-order valence-corrected chi connectivity index (χ4v) is 2.13. The van der Waals surface area contributed by atoms with E-state index in [0.717, 1.165) is 12.8 Å². The first-order valence-corrected chi connectivity index (χ1v) is 7.89. The topological polar surface area (TPSA) is 58.2 Å². The maximum absolute atomic E-state index is 11.5. The van der Waals surface area contributed by atoms with Crippen LogP contribution in [0.3, 0.4) is 0 Å². The SMILES string of the molecule is CC(=O)NCCC(=O)NCCCc1ccc(C(C)(C)C)cc1. The molecule has 0 aliphatic heterocycles. The van der Waals surface area contributed by atoms with Crippen LogP contribution in [0.4, 0.5) is 0 Å². The molecule has 1 aromatic carbocycles. The van der Waals surface area contributed by atoms with E-state index in [0.29, 0.717) is 19.5 Å². The zero-order chi connectivity index (χ0) is 16.6. The highest BCUT2D eigenvalue weighted by molar-refractivity contribution is 5.77. The molecule has 0 bridgehead atoms. The number of carbonyl (C=O) groups excluding carboxylic acids is 2. The molecule has 0 atom stereocenters. The molecule has 22 heavy (non-hydrogen) atoms. The van der Waals surface area contributed by atoms with Crippen LogP contribution in [0, 0.1) is 0 Å². The van der Waals surface area contributed by atoms with Gasteiger partial charge in [-0.05, 0) is 29.4 Å². The summed E-state index contributed by atoms with van der Waals surface area (Å²) < 4.78 is 0. The second-order valence-electron chi connectivity index (χ2n) is 6.63. The van der Waals surface area contributed by atoms with Crippen LogP contribution >= 0.6 is 0 Å². The average molecular weight is 304 g/mol. The Balaban J connectivity index is 2.22. The van der Waals surface area contributed by atoms with Gasteiger partial charge in [0.05, 0.1) is 0 Å². The minimum Gasteiger partial charge on any atom is -0.356 e. The number of hydrogen-bond donors (Lipinski definition) is 2. The van der Waals surface area contributed by atoms with Crippen molar-refractivity contribution in [2.75, 3.05) is 13.1 Å². The van der Waals surface area contributed by atoms with E-state index in [9.17, 15) is 9.59 Å². The van der Waals surface area contributed by atoms with Gasteiger partial charge in [0.1, 0.15) is 0 Å². The van der Waals surface area contributed by atoms with Crippen LogP contribution in [-0.2, 0) is 21.4 Å². The number of aryl methyl sites for hydroxylation is 1. The normalized spacial score (nSPS) is 11.1. The summed E-state index contributed by atoms with van der Waals surface area (Å²) in [6.45, 7) is 9.13. The number of carbonyl (C=O) groups is 2. The van der Waals surface area contributed by atoms with Crippen LogP contribution in [0.15, 0.2) is 24.3 Å². The third-order valence-corrected chi connectivity index (χ3v) is 3.51. The van der Waals surface area contributed by atoms with Gasteiger partial charge in [0.2, 0.25) is 11.8 Å². The van der Waals surface area contributed by atoms with Crippen LogP contribution in [0.5, 0.6) is 0 Å². The minimum absolute atomic E-state index is 0.0168. The minimum atomic E-state index is -0.105. The number of benzene rings is 1. The Hall–Kier alpha value is -1.84. The molecule has 0 fully saturated rings. The van der Waals surface area contributed by atoms with Gasteiger partial charge >= 0.3 is 0 Å². The second-order valence-corrected chi connectivity index (χ2v) is 6.63. The van der Waals surface area contributed by atoms with E-state index in [1.54, 1.807) is 0 Å². The van der Waals surface area contributed by atoms with E-state index in [1.165, 1.54) is 18.1 Å². The van der Waals surface area contributed by atoms with Crippen molar-refractivity contribution in [3.8, 4) is 0 Å². The zero-order valence-corrected chi connectivity index (χ0v) is 14.2. The van der Waals surface area contributed by atoms with Gasteiger partial charge in [0.25, 0.3) is 0 Å². The number of amides is 2. The summed E-state index contributed by atoms with van der Waals surface area (Å²) in [6.07, 6.45) is 2.21. The van der Waals surface area contributed by atoms with E-state index < -0.39 is 0 Å². The number of hydrogen-bond acceptors (Lipinski definition) is 2. The molecule has 0 spiro atoms. The Bertz CT molecular complexity index is 487. The van der Waals surface area contributed by atoms with Gasteiger partial charge in [-0.15, -0.1) is 0 Å².